The van der Waals surface area contributed by atoms with Gasteiger partial charge in [0, 0.05) is 11.4 Å². The quantitative estimate of drug-likeness (QED) is 0.705. The summed E-state index contributed by atoms with van der Waals surface area (Å²) in [7, 11) is 0. The van der Waals surface area contributed by atoms with Crippen molar-refractivity contribution < 1.29 is 19.8 Å². The van der Waals surface area contributed by atoms with Gasteiger partial charge in [-0.2, -0.15) is 0 Å². The Morgan fingerprint density at radius 3 is 2.65 bits per heavy atom. The number of carbonyl (C=O) groups is 2. The highest BCUT2D eigenvalue weighted by Crippen LogP contribution is 2.34. The first-order valence-electron chi connectivity index (χ1n) is 5.12. The van der Waals surface area contributed by atoms with E-state index >= 15 is 0 Å². The SMILES string of the molecule is Nc1sc2c(c1C(=O)O)CCCN(C(=O)O)C2. The normalized spacial score (nSPS) is 15.2. The number of nitrogens with zero attached hydrogens (tertiary/aromatic N) is 1. The topological polar surface area (TPSA) is 104 Å². The van der Waals surface area contributed by atoms with Gasteiger partial charge in [0.05, 0.1) is 12.1 Å². The Morgan fingerprint density at radius 2 is 2.06 bits per heavy atom. The summed E-state index contributed by atoms with van der Waals surface area (Å²) in [4.78, 5) is 24.0. The van der Waals surface area contributed by atoms with Crippen molar-refractivity contribution in [2.45, 2.75) is 19.4 Å². The average molecular weight is 256 g/mol. The number of carboxylic acids is 1. The molecule has 92 valence electrons. The Kier molecular flexibility index (Phi) is 2.93. The molecule has 1 aromatic rings. The van der Waals surface area contributed by atoms with Crippen molar-refractivity contribution in [3.63, 3.8) is 0 Å². The van der Waals surface area contributed by atoms with E-state index in [2.05, 4.69) is 0 Å². The second-order valence-corrected chi connectivity index (χ2v) is 4.99. The van der Waals surface area contributed by atoms with Gasteiger partial charge in [-0.25, -0.2) is 9.59 Å². The molecule has 0 radical (unpaired) electrons. The highest BCUT2D eigenvalue weighted by molar-refractivity contribution is 7.16. The average Bonchev–Trinajstić information content (AvgIpc) is 2.42. The Balaban J connectivity index is 2.41. The summed E-state index contributed by atoms with van der Waals surface area (Å²) in [6.07, 6.45) is 0.200. The smallest absolute Gasteiger partial charge is 0.407 e. The number of anilines is 1. The predicted molar refractivity (Wildman–Crippen MR) is 62.4 cm³/mol. The van der Waals surface area contributed by atoms with Crippen LogP contribution in [0.2, 0.25) is 0 Å². The molecule has 2 rings (SSSR count). The van der Waals surface area contributed by atoms with Crippen molar-refractivity contribution in [2.24, 2.45) is 0 Å². The van der Waals surface area contributed by atoms with Crippen molar-refractivity contribution in [3.05, 3.63) is 16.0 Å². The number of hydrogen-bond donors (Lipinski definition) is 3. The molecule has 1 aliphatic rings. The first kappa shape index (κ1) is 11.7. The van der Waals surface area contributed by atoms with Crippen LogP contribution in [0.1, 0.15) is 27.2 Å². The van der Waals surface area contributed by atoms with E-state index in [0.717, 1.165) is 4.88 Å². The molecule has 1 aromatic heterocycles. The number of thiophene rings is 1. The minimum absolute atomic E-state index is 0.150. The lowest BCUT2D eigenvalue weighted by molar-refractivity contribution is 0.0697. The van der Waals surface area contributed by atoms with Crippen LogP contribution in [0.15, 0.2) is 0 Å². The van der Waals surface area contributed by atoms with E-state index in [0.29, 0.717) is 24.9 Å². The van der Waals surface area contributed by atoms with Crippen LogP contribution in [-0.4, -0.2) is 33.7 Å². The molecule has 4 N–H and O–H groups in total. The zero-order valence-electron chi connectivity index (χ0n) is 8.97. The molecule has 0 saturated carbocycles. The third-order valence-corrected chi connectivity index (χ3v) is 3.84. The van der Waals surface area contributed by atoms with E-state index in [4.69, 9.17) is 15.9 Å². The van der Waals surface area contributed by atoms with E-state index in [-0.39, 0.29) is 17.1 Å². The minimum atomic E-state index is -1.04. The molecule has 1 amide bonds. The van der Waals surface area contributed by atoms with Crippen molar-refractivity contribution in [1.82, 2.24) is 4.90 Å². The molecule has 0 spiro atoms. The minimum Gasteiger partial charge on any atom is -0.478 e. The number of nitrogens with two attached hydrogens (primary N) is 1. The zero-order chi connectivity index (χ0) is 12.6. The van der Waals surface area contributed by atoms with Gasteiger partial charge in [-0.05, 0) is 18.4 Å². The molecular formula is C10H12N2O4S. The van der Waals surface area contributed by atoms with Crippen LogP contribution in [0.25, 0.3) is 0 Å². The molecule has 0 atom stereocenters. The molecular weight excluding hydrogens is 244 g/mol. The molecule has 17 heavy (non-hydrogen) atoms. The highest BCUT2D eigenvalue weighted by Gasteiger charge is 2.26. The van der Waals surface area contributed by atoms with Crippen LogP contribution in [0.4, 0.5) is 9.80 Å². The summed E-state index contributed by atoms with van der Waals surface area (Å²) < 4.78 is 0. The van der Waals surface area contributed by atoms with Crippen molar-refractivity contribution in [2.75, 3.05) is 12.3 Å². The van der Waals surface area contributed by atoms with Crippen LogP contribution in [0.5, 0.6) is 0 Å². The summed E-state index contributed by atoms with van der Waals surface area (Å²) in [5, 5.41) is 18.3. The molecule has 0 bridgehead atoms. The van der Waals surface area contributed by atoms with Gasteiger partial charge in [0.15, 0.2) is 0 Å². The van der Waals surface area contributed by atoms with Crippen molar-refractivity contribution >= 4 is 28.4 Å². The van der Waals surface area contributed by atoms with E-state index in [9.17, 15) is 9.59 Å². The Hall–Kier alpha value is -1.76. The molecule has 6 nitrogen and oxygen atoms in total. The largest absolute Gasteiger partial charge is 0.478 e. The maximum absolute atomic E-state index is 11.1. The van der Waals surface area contributed by atoms with E-state index < -0.39 is 12.1 Å². The Labute approximate surface area is 101 Å². The number of rotatable bonds is 1. The van der Waals surface area contributed by atoms with Gasteiger partial charge in [-0.15, -0.1) is 11.3 Å². The highest BCUT2D eigenvalue weighted by atomic mass is 32.1. The van der Waals surface area contributed by atoms with Gasteiger partial charge in [0.2, 0.25) is 0 Å². The van der Waals surface area contributed by atoms with Crippen LogP contribution in [0, 0.1) is 0 Å². The number of fused-ring (bicyclic) bond motifs is 1. The molecule has 0 fully saturated rings. The summed E-state index contributed by atoms with van der Waals surface area (Å²) in [5.41, 5.74) is 6.51. The third-order valence-electron chi connectivity index (χ3n) is 2.79. The first-order chi connectivity index (χ1) is 8.00. The predicted octanol–water partition coefficient (Wildman–Crippen LogP) is 1.45. The summed E-state index contributed by atoms with van der Waals surface area (Å²) in [6.45, 7) is 0.655. The molecule has 0 saturated heterocycles. The number of aromatic carboxylic acids is 1. The lowest BCUT2D eigenvalue weighted by atomic mass is 10.1. The lowest BCUT2D eigenvalue weighted by Crippen LogP contribution is -2.28. The summed E-state index contributed by atoms with van der Waals surface area (Å²) in [5.74, 6) is -1.04. The van der Waals surface area contributed by atoms with Crippen LogP contribution in [-0.2, 0) is 13.0 Å². The number of hydrogen-bond acceptors (Lipinski definition) is 4. The number of nitrogen functional groups attached to an aromatic ring is 1. The zero-order valence-corrected chi connectivity index (χ0v) is 9.79. The maximum Gasteiger partial charge on any atom is 0.407 e. The second kappa shape index (κ2) is 4.25. The van der Waals surface area contributed by atoms with Crippen molar-refractivity contribution in [1.29, 1.82) is 0 Å². The van der Waals surface area contributed by atoms with E-state index in [1.54, 1.807) is 0 Å². The molecule has 0 unspecified atom stereocenters. The van der Waals surface area contributed by atoms with Gasteiger partial charge in [0.25, 0.3) is 0 Å². The van der Waals surface area contributed by atoms with Gasteiger partial charge < -0.3 is 20.8 Å². The van der Waals surface area contributed by atoms with Gasteiger partial charge in [-0.3, -0.25) is 0 Å². The monoisotopic (exact) mass is 256 g/mol. The van der Waals surface area contributed by atoms with Crippen LogP contribution < -0.4 is 5.73 Å². The van der Waals surface area contributed by atoms with E-state index in [1.165, 1.54) is 16.2 Å². The maximum atomic E-state index is 11.1. The fourth-order valence-electron chi connectivity index (χ4n) is 2.02. The van der Waals surface area contributed by atoms with Gasteiger partial charge in [-0.1, -0.05) is 0 Å². The molecule has 1 aliphatic heterocycles. The standard InChI is InChI=1S/C10H12N2O4S/c11-8-7(9(13)14)5-2-1-3-12(10(15)16)4-6(5)17-8/h1-4,11H2,(H,13,14)(H,15,16). The summed E-state index contributed by atoms with van der Waals surface area (Å²) >= 11 is 1.17. The van der Waals surface area contributed by atoms with Crippen molar-refractivity contribution in [3.8, 4) is 0 Å². The first-order valence-corrected chi connectivity index (χ1v) is 5.93. The fourth-order valence-corrected chi connectivity index (χ4v) is 3.15. The Bertz CT molecular complexity index is 483. The molecule has 2 heterocycles. The summed E-state index contributed by atoms with van der Waals surface area (Å²) in [6, 6.07) is 0. The molecule has 0 aromatic carbocycles. The van der Waals surface area contributed by atoms with Crippen LogP contribution >= 0.6 is 11.3 Å². The van der Waals surface area contributed by atoms with Gasteiger partial charge in [0.1, 0.15) is 5.00 Å². The fraction of sp³-hybridized carbons (Fsp3) is 0.400. The van der Waals surface area contributed by atoms with Crippen LogP contribution in [0.3, 0.4) is 0 Å². The van der Waals surface area contributed by atoms with E-state index in [1.807, 2.05) is 0 Å². The third kappa shape index (κ3) is 2.05. The molecule has 7 heteroatoms. The lowest BCUT2D eigenvalue weighted by Gasteiger charge is -2.15. The second-order valence-electron chi connectivity index (χ2n) is 3.86. The molecule has 0 aliphatic carbocycles. The number of amides is 1. The number of carboxylic acid groups (broad SMARTS) is 2. The van der Waals surface area contributed by atoms with Gasteiger partial charge >= 0.3 is 12.1 Å². The Morgan fingerprint density at radius 1 is 1.35 bits per heavy atom.